The summed E-state index contributed by atoms with van der Waals surface area (Å²) in [5.74, 6) is 1.34. The van der Waals surface area contributed by atoms with Crippen LogP contribution in [0, 0.1) is 5.92 Å². The summed E-state index contributed by atoms with van der Waals surface area (Å²) in [5.41, 5.74) is 2.42. The maximum atomic E-state index is 13.2. The largest absolute Gasteiger partial charge is 0.495 e. The molecule has 2 aliphatic rings. The normalized spacial score (nSPS) is 20.3. The molecule has 2 heterocycles. The van der Waals surface area contributed by atoms with Crippen molar-refractivity contribution in [2.45, 2.75) is 19.4 Å². The number of halogens is 1. The van der Waals surface area contributed by atoms with Crippen LogP contribution in [-0.2, 0) is 11.3 Å². The molecule has 160 valence electrons. The average Bonchev–Trinajstić information content (AvgIpc) is 2.80. The standard InChI is InChI=1S/C24H30BrN3O2/c1-30-23-7-3-2-6-22(23)27-13-15-28(16-14-27)24(29)20-5-4-12-26(18-20)17-19-8-10-21(25)11-9-19/h2-3,6-11,20H,4-5,12-18H2,1H3. The molecule has 2 aromatic carbocycles. The molecule has 0 aromatic heterocycles. The second-order valence-corrected chi connectivity index (χ2v) is 9.10. The minimum Gasteiger partial charge on any atom is -0.495 e. The van der Waals surface area contributed by atoms with Gasteiger partial charge in [-0.15, -0.1) is 0 Å². The summed E-state index contributed by atoms with van der Waals surface area (Å²) in [5, 5.41) is 0. The van der Waals surface area contributed by atoms with Crippen molar-refractivity contribution in [3.63, 3.8) is 0 Å². The Balaban J connectivity index is 1.32. The van der Waals surface area contributed by atoms with Crippen molar-refractivity contribution < 1.29 is 9.53 Å². The van der Waals surface area contributed by atoms with E-state index in [0.717, 1.165) is 74.6 Å². The quantitative estimate of drug-likeness (QED) is 0.659. The lowest BCUT2D eigenvalue weighted by atomic mass is 9.95. The smallest absolute Gasteiger partial charge is 0.227 e. The third kappa shape index (κ3) is 4.98. The molecule has 30 heavy (non-hydrogen) atoms. The van der Waals surface area contributed by atoms with Gasteiger partial charge < -0.3 is 14.5 Å². The second kappa shape index (κ2) is 9.84. The molecule has 2 fully saturated rings. The molecule has 5 nitrogen and oxygen atoms in total. The monoisotopic (exact) mass is 471 g/mol. The van der Waals surface area contributed by atoms with Gasteiger partial charge in [0.25, 0.3) is 0 Å². The van der Waals surface area contributed by atoms with Gasteiger partial charge in [0.05, 0.1) is 18.7 Å². The number of ether oxygens (including phenoxy) is 1. The highest BCUT2D eigenvalue weighted by Gasteiger charge is 2.31. The molecule has 2 aromatic rings. The predicted molar refractivity (Wildman–Crippen MR) is 124 cm³/mol. The number of benzene rings is 2. The summed E-state index contributed by atoms with van der Waals surface area (Å²) >= 11 is 3.50. The summed E-state index contributed by atoms with van der Waals surface area (Å²) in [4.78, 5) is 20.0. The molecule has 0 aliphatic carbocycles. The van der Waals surface area contributed by atoms with E-state index in [-0.39, 0.29) is 5.92 Å². The highest BCUT2D eigenvalue weighted by Crippen LogP contribution is 2.29. The van der Waals surface area contributed by atoms with Gasteiger partial charge in [0.2, 0.25) is 5.91 Å². The van der Waals surface area contributed by atoms with Crippen LogP contribution in [0.5, 0.6) is 5.75 Å². The minimum absolute atomic E-state index is 0.118. The lowest BCUT2D eigenvalue weighted by Gasteiger charge is -2.40. The van der Waals surface area contributed by atoms with Gasteiger partial charge in [0.1, 0.15) is 5.75 Å². The zero-order valence-electron chi connectivity index (χ0n) is 17.6. The van der Waals surface area contributed by atoms with Crippen LogP contribution < -0.4 is 9.64 Å². The minimum atomic E-state index is 0.118. The van der Waals surface area contributed by atoms with Crippen LogP contribution in [0.3, 0.4) is 0 Å². The summed E-state index contributed by atoms with van der Waals surface area (Å²) in [6.07, 6.45) is 2.09. The number of anilines is 1. The molecule has 2 saturated heterocycles. The van der Waals surface area contributed by atoms with E-state index in [2.05, 4.69) is 61.0 Å². The van der Waals surface area contributed by atoms with Crippen molar-refractivity contribution >= 4 is 27.5 Å². The fourth-order valence-electron chi connectivity index (χ4n) is 4.57. The van der Waals surface area contributed by atoms with Crippen LogP contribution in [-0.4, -0.2) is 62.1 Å². The second-order valence-electron chi connectivity index (χ2n) is 8.18. The lowest BCUT2D eigenvalue weighted by Crippen LogP contribution is -2.52. The molecular weight excluding hydrogens is 442 g/mol. The number of piperidine rings is 1. The van der Waals surface area contributed by atoms with Crippen molar-refractivity contribution in [2.75, 3.05) is 51.3 Å². The number of piperazine rings is 1. The number of methoxy groups -OCH3 is 1. The third-order valence-electron chi connectivity index (χ3n) is 6.19. The summed E-state index contributed by atoms with van der Waals surface area (Å²) in [7, 11) is 1.71. The molecular formula is C24H30BrN3O2. The molecule has 2 aliphatic heterocycles. The Labute approximate surface area is 187 Å². The Kier molecular flexibility index (Phi) is 6.95. The first kappa shape index (κ1) is 21.2. The third-order valence-corrected chi connectivity index (χ3v) is 6.72. The first-order chi connectivity index (χ1) is 14.6. The lowest BCUT2D eigenvalue weighted by molar-refractivity contribution is -0.137. The topological polar surface area (TPSA) is 36.0 Å². The molecule has 4 rings (SSSR count). The van der Waals surface area contributed by atoms with Gasteiger partial charge in [-0.1, -0.05) is 40.2 Å². The number of carbonyl (C=O) groups excluding carboxylic acids is 1. The van der Waals surface area contributed by atoms with Gasteiger partial charge in [0, 0.05) is 43.7 Å². The van der Waals surface area contributed by atoms with Gasteiger partial charge in [-0.05, 0) is 49.2 Å². The van der Waals surface area contributed by atoms with Crippen LogP contribution in [0.15, 0.2) is 53.0 Å². The molecule has 1 unspecified atom stereocenters. The molecule has 0 bridgehead atoms. The SMILES string of the molecule is COc1ccccc1N1CCN(C(=O)C2CCCN(Cc3ccc(Br)cc3)C2)CC1. The van der Waals surface area contributed by atoms with Crippen molar-refractivity contribution in [2.24, 2.45) is 5.92 Å². The predicted octanol–water partition coefficient (Wildman–Crippen LogP) is 4.02. The molecule has 1 amide bonds. The summed E-state index contributed by atoms with van der Waals surface area (Å²) < 4.78 is 6.61. The van der Waals surface area contributed by atoms with Gasteiger partial charge in [-0.2, -0.15) is 0 Å². The Bertz CT molecular complexity index is 850. The fourth-order valence-corrected chi connectivity index (χ4v) is 4.83. The number of likely N-dealkylation sites (tertiary alicyclic amines) is 1. The molecule has 0 saturated carbocycles. The number of hydrogen-bond donors (Lipinski definition) is 0. The fraction of sp³-hybridized carbons (Fsp3) is 0.458. The van der Waals surface area contributed by atoms with Crippen LogP contribution in [0.2, 0.25) is 0 Å². The van der Waals surface area contributed by atoms with Crippen molar-refractivity contribution in [1.82, 2.24) is 9.80 Å². The summed E-state index contributed by atoms with van der Waals surface area (Å²) in [6.45, 7) is 6.10. The van der Waals surface area contributed by atoms with Crippen molar-refractivity contribution in [1.29, 1.82) is 0 Å². The van der Waals surface area contributed by atoms with Crippen LogP contribution >= 0.6 is 15.9 Å². The Morgan fingerprint density at radius 3 is 2.50 bits per heavy atom. The zero-order chi connectivity index (χ0) is 20.9. The van der Waals surface area contributed by atoms with E-state index in [1.165, 1.54) is 5.56 Å². The number of hydrogen-bond acceptors (Lipinski definition) is 4. The number of amides is 1. The maximum Gasteiger partial charge on any atom is 0.227 e. The first-order valence-electron chi connectivity index (χ1n) is 10.8. The van der Waals surface area contributed by atoms with Gasteiger partial charge in [-0.25, -0.2) is 0 Å². The van der Waals surface area contributed by atoms with E-state index >= 15 is 0 Å². The highest BCUT2D eigenvalue weighted by atomic mass is 79.9. The van der Waals surface area contributed by atoms with Crippen molar-refractivity contribution in [3.8, 4) is 5.75 Å². The molecule has 1 atom stereocenters. The van der Waals surface area contributed by atoms with E-state index in [1.807, 2.05) is 18.2 Å². The number of rotatable bonds is 5. The molecule has 0 N–H and O–H groups in total. The van der Waals surface area contributed by atoms with Gasteiger partial charge in [-0.3, -0.25) is 9.69 Å². The van der Waals surface area contributed by atoms with Gasteiger partial charge >= 0.3 is 0 Å². The summed E-state index contributed by atoms with van der Waals surface area (Å²) in [6, 6.07) is 16.6. The Hall–Kier alpha value is -2.05. The van der Waals surface area contributed by atoms with E-state index in [1.54, 1.807) is 7.11 Å². The molecule has 0 radical (unpaired) electrons. The van der Waals surface area contributed by atoms with Crippen molar-refractivity contribution in [3.05, 3.63) is 58.6 Å². The average molecular weight is 472 g/mol. The highest BCUT2D eigenvalue weighted by molar-refractivity contribution is 9.10. The van der Waals surface area contributed by atoms with Crippen LogP contribution in [0.1, 0.15) is 18.4 Å². The number of carbonyl (C=O) groups is 1. The Morgan fingerprint density at radius 2 is 1.77 bits per heavy atom. The van der Waals surface area contributed by atoms with E-state index in [4.69, 9.17) is 4.74 Å². The number of nitrogens with zero attached hydrogens (tertiary/aromatic N) is 3. The maximum absolute atomic E-state index is 13.2. The zero-order valence-corrected chi connectivity index (χ0v) is 19.2. The van der Waals surface area contributed by atoms with E-state index in [9.17, 15) is 4.79 Å². The first-order valence-corrected chi connectivity index (χ1v) is 11.6. The van der Waals surface area contributed by atoms with Crippen LogP contribution in [0.4, 0.5) is 5.69 Å². The van der Waals surface area contributed by atoms with E-state index < -0.39 is 0 Å². The van der Waals surface area contributed by atoms with Gasteiger partial charge in [0.15, 0.2) is 0 Å². The molecule has 6 heteroatoms. The Morgan fingerprint density at radius 1 is 1.03 bits per heavy atom. The molecule has 0 spiro atoms. The number of para-hydroxylation sites is 2. The van der Waals surface area contributed by atoms with E-state index in [0.29, 0.717) is 5.91 Å². The van der Waals surface area contributed by atoms with Crippen LogP contribution in [0.25, 0.3) is 0 Å².